The smallest absolute Gasteiger partial charge is 0.116 e. The Morgan fingerprint density at radius 1 is 1.45 bits per heavy atom. The zero-order chi connectivity index (χ0) is 7.84. The third kappa shape index (κ3) is 0.808. The monoisotopic (exact) mass is 147 g/mol. The lowest BCUT2D eigenvalue weighted by Crippen LogP contribution is -1.89. The van der Waals surface area contributed by atoms with E-state index in [-0.39, 0.29) is 0 Å². The molecule has 0 N–H and O–H groups in total. The fourth-order valence-corrected chi connectivity index (χ4v) is 1.19. The van der Waals surface area contributed by atoms with Crippen LogP contribution in [0.2, 0.25) is 0 Å². The van der Waals surface area contributed by atoms with Crippen molar-refractivity contribution in [1.29, 1.82) is 0 Å². The van der Waals surface area contributed by atoms with Crippen LogP contribution in [0.15, 0.2) is 18.6 Å². The Bertz CT molecular complexity index is 389. The van der Waals surface area contributed by atoms with Gasteiger partial charge in [0.25, 0.3) is 0 Å². The summed E-state index contributed by atoms with van der Waals surface area (Å²) in [5.41, 5.74) is 3.31. The van der Waals surface area contributed by atoms with Crippen molar-refractivity contribution >= 4 is 11.0 Å². The van der Waals surface area contributed by atoms with Crippen molar-refractivity contribution in [1.82, 2.24) is 14.5 Å². The molecule has 0 radical (unpaired) electrons. The van der Waals surface area contributed by atoms with Crippen molar-refractivity contribution in [3.05, 3.63) is 24.3 Å². The summed E-state index contributed by atoms with van der Waals surface area (Å²) in [5.74, 6) is 0. The van der Waals surface area contributed by atoms with E-state index >= 15 is 0 Å². The highest BCUT2D eigenvalue weighted by molar-refractivity contribution is 5.75. The molecule has 11 heavy (non-hydrogen) atoms. The van der Waals surface area contributed by atoms with Crippen molar-refractivity contribution < 1.29 is 0 Å². The molecule has 0 bridgehead atoms. The molecule has 0 saturated heterocycles. The largest absolute Gasteiger partial charge is 0.345 e. The molecule has 2 aromatic heterocycles. The van der Waals surface area contributed by atoms with E-state index < -0.39 is 0 Å². The highest BCUT2D eigenvalue weighted by Gasteiger charge is 2.00. The van der Waals surface area contributed by atoms with Crippen molar-refractivity contribution in [2.75, 3.05) is 0 Å². The Morgan fingerprint density at radius 2 is 2.27 bits per heavy atom. The van der Waals surface area contributed by atoms with Gasteiger partial charge in [-0.1, -0.05) is 0 Å². The van der Waals surface area contributed by atoms with Crippen molar-refractivity contribution in [2.45, 2.75) is 6.92 Å². The predicted molar refractivity (Wildman–Crippen MR) is 43.2 cm³/mol. The van der Waals surface area contributed by atoms with Gasteiger partial charge in [-0.2, -0.15) is 0 Å². The molecular weight excluding hydrogens is 138 g/mol. The van der Waals surface area contributed by atoms with Gasteiger partial charge in [-0.05, 0) is 13.0 Å². The lowest BCUT2D eigenvalue weighted by molar-refractivity contribution is 0.914. The molecule has 2 rings (SSSR count). The number of rotatable bonds is 0. The molecule has 0 fully saturated rings. The lowest BCUT2D eigenvalue weighted by atomic mass is 10.4. The topological polar surface area (TPSA) is 30.7 Å². The third-order valence-electron chi connectivity index (χ3n) is 1.96. The molecule has 0 aliphatic carbocycles. The van der Waals surface area contributed by atoms with E-state index in [2.05, 4.69) is 27.5 Å². The van der Waals surface area contributed by atoms with E-state index in [1.807, 2.05) is 13.2 Å². The van der Waals surface area contributed by atoms with Crippen LogP contribution < -0.4 is 0 Å². The predicted octanol–water partition coefficient (Wildman–Crippen LogP) is 1.28. The highest BCUT2D eigenvalue weighted by atomic mass is 15.0. The molecule has 3 nitrogen and oxygen atoms in total. The van der Waals surface area contributed by atoms with Crippen LogP contribution in [0.25, 0.3) is 11.0 Å². The second-order valence-electron chi connectivity index (χ2n) is 2.64. The van der Waals surface area contributed by atoms with Crippen LogP contribution in [0.1, 0.15) is 5.69 Å². The van der Waals surface area contributed by atoms with Gasteiger partial charge in [-0.3, -0.25) is 0 Å². The maximum atomic E-state index is 4.13. The lowest BCUT2D eigenvalue weighted by Gasteiger charge is -1.95. The summed E-state index contributed by atoms with van der Waals surface area (Å²) in [6, 6.07) is 2.05. The quantitative estimate of drug-likeness (QED) is 0.562. The van der Waals surface area contributed by atoms with Crippen molar-refractivity contribution in [3.63, 3.8) is 0 Å². The van der Waals surface area contributed by atoms with Crippen LogP contribution in [0.3, 0.4) is 0 Å². The molecular formula is C8H9N3. The summed E-state index contributed by atoms with van der Waals surface area (Å²) >= 11 is 0. The van der Waals surface area contributed by atoms with Crippen LogP contribution in [0, 0.1) is 6.92 Å². The van der Waals surface area contributed by atoms with Crippen LogP contribution in [-0.4, -0.2) is 14.5 Å². The Labute approximate surface area is 64.7 Å². The first-order valence-corrected chi connectivity index (χ1v) is 3.51. The molecule has 0 unspecified atom stereocenters. The Hall–Kier alpha value is -1.38. The van der Waals surface area contributed by atoms with Gasteiger partial charge in [0.05, 0.1) is 17.2 Å². The second-order valence-corrected chi connectivity index (χ2v) is 2.64. The van der Waals surface area contributed by atoms with Gasteiger partial charge in [0, 0.05) is 12.7 Å². The fraction of sp³-hybridized carbons (Fsp3) is 0.250. The number of fused-ring (bicyclic) bond motifs is 1. The summed E-state index contributed by atoms with van der Waals surface area (Å²) in [6.45, 7) is 2.06. The Morgan fingerprint density at radius 3 is 3.00 bits per heavy atom. The molecule has 2 aromatic rings. The molecule has 3 heteroatoms. The van der Waals surface area contributed by atoms with Gasteiger partial charge in [-0.25, -0.2) is 9.97 Å². The normalized spacial score (nSPS) is 10.7. The van der Waals surface area contributed by atoms with E-state index in [9.17, 15) is 0 Å². The second kappa shape index (κ2) is 2.05. The standard InChI is InChI=1S/C8H9N3/c1-6-3-7-8(11(6)2)4-9-5-10-7/h3-5H,1-2H3. The SMILES string of the molecule is Cc1cc2ncncc2n1C. The minimum atomic E-state index is 1.01. The van der Waals surface area contributed by atoms with E-state index in [1.165, 1.54) is 5.69 Å². The number of aromatic nitrogens is 3. The number of hydrogen-bond donors (Lipinski definition) is 0. The molecule has 0 spiro atoms. The molecule has 0 aliphatic rings. The maximum absolute atomic E-state index is 4.13. The average molecular weight is 147 g/mol. The van der Waals surface area contributed by atoms with Gasteiger partial charge < -0.3 is 4.57 Å². The van der Waals surface area contributed by atoms with E-state index in [1.54, 1.807) is 6.33 Å². The Kier molecular flexibility index (Phi) is 1.18. The highest BCUT2D eigenvalue weighted by Crippen LogP contribution is 2.13. The first-order chi connectivity index (χ1) is 5.29. The van der Waals surface area contributed by atoms with Gasteiger partial charge in [0.15, 0.2) is 0 Å². The van der Waals surface area contributed by atoms with Crippen LogP contribution in [0.4, 0.5) is 0 Å². The first-order valence-electron chi connectivity index (χ1n) is 3.51. The first kappa shape index (κ1) is 6.34. The molecule has 0 saturated carbocycles. The molecule has 0 aromatic carbocycles. The van der Waals surface area contributed by atoms with Crippen molar-refractivity contribution in [3.8, 4) is 0 Å². The number of nitrogens with zero attached hydrogens (tertiary/aromatic N) is 3. The summed E-state index contributed by atoms with van der Waals surface area (Å²) < 4.78 is 2.08. The van der Waals surface area contributed by atoms with Crippen molar-refractivity contribution in [2.24, 2.45) is 7.05 Å². The van der Waals surface area contributed by atoms with Gasteiger partial charge in [-0.15, -0.1) is 0 Å². The zero-order valence-electron chi connectivity index (χ0n) is 6.57. The summed E-state index contributed by atoms with van der Waals surface area (Å²) in [4.78, 5) is 8.09. The van der Waals surface area contributed by atoms with E-state index in [4.69, 9.17) is 0 Å². The number of hydrogen-bond acceptors (Lipinski definition) is 2. The minimum Gasteiger partial charge on any atom is -0.345 e. The fourth-order valence-electron chi connectivity index (χ4n) is 1.19. The van der Waals surface area contributed by atoms with Crippen LogP contribution >= 0.6 is 0 Å². The van der Waals surface area contributed by atoms with E-state index in [0.29, 0.717) is 0 Å². The molecule has 2 heterocycles. The average Bonchev–Trinajstić information content (AvgIpc) is 2.30. The summed E-state index contributed by atoms with van der Waals surface area (Å²) in [6.07, 6.45) is 3.40. The molecule has 0 aliphatic heterocycles. The van der Waals surface area contributed by atoms with Crippen LogP contribution in [-0.2, 0) is 7.05 Å². The van der Waals surface area contributed by atoms with Crippen LogP contribution in [0.5, 0.6) is 0 Å². The minimum absolute atomic E-state index is 1.01. The molecule has 0 amide bonds. The van der Waals surface area contributed by atoms with Gasteiger partial charge >= 0.3 is 0 Å². The maximum Gasteiger partial charge on any atom is 0.116 e. The molecule has 56 valence electrons. The Balaban J connectivity index is 2.92. The number of aryl methyl sites for hydroxylation is 2. The third-order valence-corrected chi connectivity index (χ3v) is 1.96. The van der Waals surface area contributed by atoms with E-state index in [0.717, 1.165) is 11.0 Å². The summed E-state index contributed by atoms with van der Waals surface area (Å²) in [5, 5.41) is 0. The molecule has 0 atom stereocenters. The summed E-state index contributed by atoms with van der Waals surface area (Å²) in [7, 11) is 2.01. The van der Waals surface area contributed by atoms with Gasteiger partial charge in [0.2, 0.25) is 0 Å². The van der Waals surface area contributed by atoms with Gasteiger partial charge in [0.1, 0.15) is 6.33 Å². The zero-order valence-corrected chi connectivity index (χ0v) is 6.57.